The van der Waals surface area contributed by atoms with Crippen molar-refractivity contribution < 1.29 is 14.1 Å². The van der Waals surface area contributed by atoms with Gasteiger partial charge in [0.25, 0.3) is 0 Å². The predicted octanol–water partition coefficient (Wildman–Crippen LogP) is 4.95. The van der Waals surface area contributed by atoms with E-state index in [-0.39, 0.29) is 5.78 Å². The number of benzene rings is 3. The molecule has 0 spiro atoms. The van der Waals surface area contributed by atoms with Crippen molar-refractivity contribution in [3.63, 3.8) is 0 Å². The molecule has 0 unspecified atom stereocenters. The molecular formula is C26H26NO2S+. The summed E-state index contributed by atoms with van der Waals surface area (Å²) in [5.41, 5.74) is 4.33. The molecule has 0 aliphatic carbocycles. The largest absolute Gasteiger partial charge is 0.368 e. The summed E-state index contributed by atoms with van der Waals surface area (Å²) in [6.45, 7) is 3.26. The first kappa shape index (κ1) is 20.6. The summed E-state index contributed by atoms with van der Waals surface area (Å²) < 4.78 is 7.88. The van der Waals surface area contributed by atoms with E-state index < -0.39 is 0 Å². The Bertz CT molecular complexity index is 990. The van der Waals surface area contributed by atoms with Crippen molar-refractivity contribution >= 4 is 22.6 Å². The first-order chi connectivity index (χ1) is 14.8. The maximum absolute atomic E-state index is 12.9. The quantitative estimate of drug-likeness (QED) is 0.323. The zero-order valence-electron chi connectivity index (χ0n) is 17.0. The standard InChI is InChI=1S/C26H26NO2S/c28-25(24-13-11-23(12-14-24)22-9-5-2-6-10-22)20-30-26(27-15-17-29-18-16-27)19-21-7-3-1-4-8-21/h1-14H,15-20H2/q+1. The summed E-state index contributed by atoms with van der Waals surface area (Å²) in [4.78, 5) is 12.9. The lowest BCUT2D eigenvalue weighted by molar-refractivity contribution is -0.547. The number of ketones is 1. The number of Topliss-reactive ketones (excluding diaryl/α,β-unsaturated/α-hetero) is 1. The van der Waals surface area contributed by atoms with Gasteiger partial charge in [0.2, 0.25) is 5.04 Å². The van der Waals surface area contributed by atoms with Gasteiger partial charge in [0, 0.05) is 5.56 Å². The number of carbonyl (C=O) groups excluding carboxylic acids is 1. The lowest BCUT2D eigenvalue weighted by atomic mass is 10.0. The fourth-order valence-corrected chi connectivity index (χ4v) is 4.65. The number of thioether (sulfide) groups is 1. The van der Waals surface area contributed by atoms with E-state index >= 15 is 0 Å². The number of hydrogen-bond acceptors (Lipinski definition) is 3. The van der Waals surface area contributed by atoms with Gasteiger partial charge in [-0.2, -0.15) is 0 Å². The van der Waals surface area contributed by atoms with Gasteiger partial charge in [-0.3, -0.25) is 4.79 Å². The Morgan fingerprint density at radius 1 is 0.800 bits per heavy atom. The molecular weight excluding hydrogens is 390 g/mol. The summed E-state index contributed by atoms with van der Waals surface area (Å²) in [6.07, 6.45) is 0.853. The smallest absolute Gasteiger partial charge is 0.215 e. The van der Waals surface area contributed by atoms with Gasteiger partial charge in [-0.05, 0) is 16.7 Å². The average molecular weight is 417 g/mol. The topological polar surface area (TPSA) is 29.3 Å². The van der Waals surface area contributed by atoms with E-state index in [1.807, 2.05) is 48.5 Å². The number of hydrogen-bond donors (Lipinski definition) is 0. The minimum Gasteiger partial charge on any atom is -0.368 e. The van der Waals surface area contributed by atoms with Crippen molar-refractivity contribution in [2.75, 3.05) is 32.1 Å². The summed E-state index contributed by atoms with van der Waals surface area (Å²) >= 11 is 1.66. The number of carbonyl (C=O) groups is 1. The molecule has 1 aliphatic heterocycles. The van der Waals surface area contributed by atoms with Crippen molar-refractivity contribution in [2.45, 2.75) is 6.42 Å². The van der Waals surface area contributed by atoms with Crippen molar-refractivity contribution in [2.24, 2.45) is 0 Å². The van der Waals surface area contributed by atoms with E-state index in [1.165, 1.54) is 10.6 Å². The third kappa shape index (κ3) is 5.47. The summed E-state index contributed by atoms with van der Waals surface area (Å²) in [5.74, 6) is 0.614. The molecule has 0 aromatic heterocycles. The fraction of sp³-hybridized carbons (Fsp3) is 0.231. The first-order valence-corrected chi connectivity index (χ1v) is 11.3. The van der Waals surface area contributed by atoms with Crippen LogP contribution in [-0.4, -0.2) is 47.5 Å². The molecule has 0 N–H and O–H groups in total. The highest BCUT2D eigenvalue weighted by Gasteiger charge is 2.21. The molecule has 3 aromatic rings. The average Bonchev–Trinajstić information content (AvgIpc) is 2.83. The number of nitrogens with zero attached hydrogens (tertiary/aromatic N) is 1. The van der Waals surface area contributed by atoms with Gasteiger partial charge in [0.1, 0.15) is 13.2 Å². The van der Waals surface area contributed by atoms with E-state index in [4.69, 9.17) is 4.74 Å². The predicted molar refractivity (Wildman–Crippen MR) is 125 cm³/mol. The lowest BCUT2D eigenvalue weighted by Crippen LogP contribution is -2.33. The van der Waals surface area contributed by atoms with E-state index in [0.717, 1.165) is 49.4 Å². The zero-order valence-corrected chi connectivity index (χ0v) is 17.8. The molecule has 4 heteroatoms. The van der Waals surface area contributed by atoms with Crippen molar-refractivity contribution in [3.8, 4) is 11.1 Å². The SMILES string of the molecule is O=C(CSC(Cc1ccccc1)=[N+]1CCOCC1)c1ccc(-c2ccccc2)cc1. The van der Waals surface area contributed by atoms with Crippen LogP contribution in [0.1, 0.15) is 15.9 Å². The monoisotopic (exact) mass is 416 g/mol. The van der Waals surface area contributed by atoms with Gasteiger partial charge in [-0.25, -0.2) is 4.58 Å². The Hall–Kier alpha value is -2.69. The van der Waals surface area contributed by atoms with Gasteiger partial charge in [0.05, 0.1) is 12.2 Å². The molecule has 0 amide bonds. The van der Waals surface area contributed by atoms with Crippen LogP contribution in [0.5, 0.6) is 0 Å². The lowest BCUT2D eigenvalue weighted by Gasteiger charge is -2.15. The second-order valence-corrected chi connectivity index (χ2v) is 8.36. The number of morpholine rings is 1. The van der Waals surface area contributed by atoms with Gasteiger partial charge >= 0.3 is 0 Å². The highest BCUT2D eigenvalue weighted by molar-refractivity contribution is 8.14. The molecule has 3 aromatic carbocycles. The van der Waals surface area contributed by atoms with Crippen molar-refractivity contribution in [3.05, 3.63) is 96.1 Å². The second-order valence-electron chi connectivity index (χ2n) is 7.31. The maximum atomic E-state index is 12.9. The minimum absolute atomic E-state index is 0.165. The van der Waals surface area contributed by atoms with Gasteiger partial charge < -0.3 is 4.74 Å². The van der Waals surface area contributed by atoms with E-state index in [0.29, 0.717) is 5.75 Å². The number of rotatable bonds is 6. The molecule has 0 radical (unpaired) electrons. The molecule has 0 saturated carbocycles. The molecule has 0 bridgehead atoms. The number of ether oxygens (including phenoxy) is 1. The van der Waals surface area contributed by atoms with E-state index in [9.17, 15) is 4.79 Å². The van der Waals surface area contributed by atoms with Crippen LogP contribution in [0.25, 0.3) is 11.1 Å². The highest BCUT2D eigenvalue weighted by atomic mass is 32.2. The Balaban J connectivity index is 1.44. The van der Waals surface area contributed by atoms with Gasteiger partial charge in [-0.15, -0.1) is 0 Å². The maximum Gasteiger partial charge on any atom is 0.215 e. The molecule has 1 heterocycles. The molecule has 3 nitrogen and oxygen atoms in total. The van der Waals surface area contributed by atoms with Crippen LogP contribution < -0.4 is 0 Å². The normalized spacial score (nSPS) is 13.8. The second kappa shape index (κ2) is 10.4. The Morgan fingerprint density at radius 3 is 2.07 bits per heavy atom. The van der Waals surface area contributed by atoms with Crippen molar-refractivity contribution in [1.29, 1.82) is 0 Å². The molecule has 1 saturated heterocycles. The van der Waals surface area contributed by atoms with Gasteiger partial charge in [0.15, 0.2) is 18.9 Å². The zero-order chi connectivity index (χ0) is 20.6. The van der Waals surface area contributed by atoms with Crippen molar-refractivity contribution in [1.82, 2.24) is 0 Å². The molecule has 0 atom stereocenters. The third-order valence-electron chi connectivity index (χ3n) is 5.25. The molecule has 1 fully saturated rings. The van der Waals surface area contributed by atoms with Crippen LogP contribution in [0.15, 0.2) is 84.9 Å². The molecule has 152 valence electrons. The Morgan fingerprint density at radius 2 is 1.40 bits per heavy atom. The summed E-state index contributed by atoms with van der Waals surface area (Å²) in [5, 5.41) is 1.25. The van der Waals surface area contributed by atoms with Crippen LogP contribution in [-0.2, 0) is 11.2 Å². The van der Waals surface area contributed by atoms with E-state index in [2.05, 4.69) is 41.0 Å². The molecule has 1 aliphatic rings. The van der Waals surface area contributed by atoms with Gasteiger partial charge in [-0.1, -0.05) is 96.7 Å². The molecule has 4 rings (SSSR count). The van der Waals surface area contributed by atoms with Crippen LogP contribution in [0.2, 0.25) is 0 Å². The van der Waals surface area contributed by atoms with E-state index in [1.54, 1.807) is 11.8 Å². The van der Waals surface area contributed by atoms with Crippen LogP contribution in [0, 0.1) is 0 Å². The Kier molecular flexibility index (Phi) is 7.11. The molecule has 30 heavy (non-hydrogen) atoms. The minimum atomic E-state index is 0.165. The summed E-state index contributed by atoms with van der Waals surface area (Å²) in [6, 6.07) is 28.6. The Labute approximate surface area is 182 Å². The third-order valence-corrected chi connectivity index (χ3v) is 6.39. The summed E-state index contributed by atoms with van der Waals surface area (Å²) in [7, 11) is 0. The van der Waals surface area contributed by atoms with Crippen LogP contribution in [0.4, 0.5) is 0 Å². The first-order valence-electron chi connectivity index (χ1n) is 10.3. The van der Waals surface area contributed by atoms with Crippen LogP contribution in [0.3, 0.4) is 0 Å². The highest BCUT2D eigenvalue weighted by Crippen LogP contribution is 2.20. The fourth-order valence-electron chi connectivity index (χ4n) is 3.55. The van der Waals surface area contributed by atoms with Crippen LogP contribution >= 0.6 is 11.8 Å².